The minimum absolute atomic E-state index is 0.00975. The van der Waals surface area contributed by atoms with Crippen LogP contribution in [0.3, 0.4) is 0 Å². The SMILES string of the molecule is CCCCCCCC(CCCC(C(C)=O)c1ccccc1)OCc1ccccc1. The molecule has 0 aliphatic rings. The third kappa shape index (κ3) is 9.41. The van der Waals surface area contributed by atoms with E-state index in [2.05, 4.69) is 43.3 Å². The second-order valence-electron chi connectivity index (χ2n) is 8.13. The molecular formula is C27H38O2. The van der Waals surface area contributed by atoms with Gasteiger partial charge in [0.25, 0.3) is 0 Å². The van der Waals surface area contributed by atoms with Gasteiger partial charge in [-0.2, -0.15) is 0 Å². The Bertz CT molecular complexity index is 665. The zero-order valence-electron chi connectivity index (χ0n) is 18.3. The van der Waals surface area contributed by atoms with Crippen molar-refractivity contribution in [2.75, 3.05) is 0 Å². The number of unbranched alkanes of at least 4 members (excludes halogenated alkanes) is 4. The Morgan fingerprint density at radius 2 is 1.41 bits per heavy atom. The molecule has 0 heterocycles. The van der Waals surface area contributed by atoms with Crippen molar-refractivity contribution in [3.63, 3.8) is 0 Å². The van der Waals surface area contributed by atoms with Crippen LogP contribution in [0.1, 0.15) is 88.7 Å². The van der Waals surface area contributed by atoms with Crippen LogP contribution in [0.4, 0.5) is 0 Å². The number of hydrogen-bond donors (Lipinski definition) is 0. The van der Waals surface area contributed by atoms with Crippen molar-refractivity contribution in [3.05, 3.63) is 71.8 Å². The van der Waals surface area contributed by atoms with Crippen molar-refractivity contribution in [3.8, 4) is 0 Å². The van der Waals surface area contributed by atoms with Gasteiger partial charge in [-0.3, -0.25) is 4.79 Å². The summed E-state index contributed by atoms with van der Waals surface area (Å²) in [7, 11) is 0. The van der Waals surface area contributed by atoms with Crippen LogP contribution in [-0.4, -0.2) is 11.9 Å². The Kier molecular flexibility index (Phi) is 11.4. The molecular weight excluding hydrogens is 356 g/mol. The lowest BCUT2D eigenvalue weighted by Crippen LogP contribution is -2.15. The number of hydrogen-bond acceptors (Lipinski definition) is 2. The third-order valence-electron chi connectivity index (χ3n) is 5.67. The molecule has 29 heavy (non-hydrogen) atoms. The van der Waals surface area contributed by atoms with Gasteiger partial charge < -0.3 is 4.74 Å². The van der Waals surface area contributed by atoms with Crippen molar-refractivity contribution in [1.82, 2.24) is 0 Å². The smallest absolute Gasteiger partial charge is 0.137 e. The Balaban J connectivity index is 1.84. The highest BCUT2D eigenvalue weighted by Crippen LogP contribution is 2.25. The molecule has 0 radical (unpaired) electrons. The molecule has 0 aromatic heterocycles. The van der Waals surface area contributed by atoms with E-state index < -0.39 is 0 Å². The molecule has 0 aliphatic heterocycles. The largest absolute Gasteiger partial charge is 0.374 e. The van der Waals surface area contributed by atoms with Gasteiger partial charge in [0.15, 0.2) is 0 Å². The van der Waals surface area contributed by atoms with Gasteiger partial charge in [-0.05, 0) is 43.7 Å². The lowest BCUT2D eigenvalue weighted by atomic mass is 9.89. The number of benzene rings is 2. The number of ether oxygens (including phenoxy) is 1. The molecule has 158 valence electrons. The fraction of sp³-hybridized carbons (Fsp3) is 0.519. The summed E-state index contributed by atoms with van der Waals surface area (Å²) in [5, 5.41) is 0. The minimum atomic E-state index is 0.00975. The average molecular weight is 395 g/mol. The molecule has 2 heteroatoms. The summed E-state index contributed by atoms with van der Waals surface area (Å²) in [6, 6.07) is 20.6. The molecule has 0 saturated heterocycles. The molecule has 0 spiro atoms. The van der Waals surface area contributed by atoms with Crippen molar-refractivity contribution in [2.24, 2.45) is 0 Å². The second-order valence-corrected chi connectivity index (χ2v) is 8.13. The van der Waals surface area contributed by atoms with E-state index in [-0.39, 0.29) is 17.8 Å². The molecule has 0 saturated carbocycles. The Morgan fingerprint density at radius 1 is 0.793 bits per heavy atom. The predicted molar refractivity (Wildman–Crippen MR) is 122 cm³/mol. The average Bonchev–Trinajstić information content (AvgIpc) is 2.75. The van der Waals surface area contributed by atoms with E-state index in [1.165, 1.54) is 37.7 Å². The lowest BCUT2D eigenvalue weighted by molar-refractivity contribution is -0.118. The number of carbonyl (C=O) groups is 1. The highest BCUT2D eigenvalue weighted by molar-refractivity contribution is 5.83. The van der Waals surface area contributed by atoms with Gasteiger partial charge in [-0.1, -0.05) is 99.7 Å². The highest BCUT2D eigenvalue weighted by atomic mass is 16.5. The van der Waals surface area contributed by atoms with Gasteiger partial charge in [-0.15, -0.1) is 0 Å². The predicted octanol–water partition coefficient (Wildman–Crippen LogP) is 7.48. The molecule has 0 amide bonds. The van der Waals surface area contributed by atoms with Crippen molar-refractivity contribution < 1.29 is 9.53 Å². The number of rotatable bonds is 15. The van der Waals surface area contributed by atoms with Crippen LogP contribution in [0, 0.1) is 0 Å². The van der Waals surface area contributed by atoms with Crippen LogP contribution < -0.4 is 0 Å². The van der Waals surface area contributed by atoms with Gasteiger partial charge in [0.05, 0.1) is 12.7 Å². The Labute approximate surface area is 177 Å². The number of ketones is 1. The van der Waals surface area contributed by atoms with Crippen LogP contribution in [-0.2, 0) is 16.1 Å². The topological polar surface area (TPSA) is 26.3 Å². The monoisotopic (exact) mass is 394 g/mol. The third-order valence-corrected chi connectivity index (χ3v) is 5.67. The summed E-state index contributed by atoms with van der Waals surface area (Å²) in [6.07, 6.45) is 10.8. The molecule has 2 nitrogen and oxygen atoms in total. The number of Topliss-reactive ketones (excluding diaryl/α,β-unsaturated/α-hetero) is 1. The zero-order chi connectivity index (χ0) is 20.7. The van der Waals surface area contributed by atoms with Crippen molar-refractivity contribution >= 4 is 5.78 Å². The molecule has 2 atom stereocenters. The van der Waals surface area contributed by atoms with Crippen LogP contribution in [0.15, 0.2) is 60.7 Å². The molecule has 0 bridgehead atoms. The Hall–Kier alpha value is -1.93. The Morgan fingerprint density at radius 3 is 2.07 bits per heavy atom. The second kappa shape index (κ2) is 14.1. The summed E-state index contributed by atoms with van der Waals surface area (Å²) in [5.74, 6) is 0.271. The van der Waals surface area contributed by atoms with E-state index in [4.69, 9.17) is 4.74 Å². The first-order valence-corrected chi connectivity index (χ1v) is 11.4. The summed E-state index contributed by atoms with van der Waals surface area (Å²) in [5.41, 5.74) is 2.37. The van der Waals surface area contributed by atoms with E-state index in [0.29, 0.717) is 6.61 Å². The fourth-order valence-electron chi connectivity index (χ4n) is 3.91. The minimum Gasteiger partial charge on any atom is -0.374 e. The first kappa shape index (κ1) is 23.3. The highest BCUT2D eigenvalue weighted by Gasteiger charge is 2.17. The number of carbonyl (C=O) groups excluding carboxylic acids is 1. The fourth-order valence-corrected chi connectivity index (χ4v) is 3.91. The molecule has 2 rings (SSSR count). The summed E-state index contributed by atoms with van der Waals surface area (Å²) >= 11 is 0. The van der Waals surface area contributed by atoms with E-state index in [9.17, 15) is 4.79 Å². The van der Waals surface area contributed by atoms with Crippen LogP contribution in [0.2, 0.25) is 0 Å². The normalized spacial score (nSPS) is 13.2. The van der Waals surface area contributed by atoms with Crippen molar-refractivity contribution in [2.45, 2.75) is 90.3 Å². The molecule has 0 N–H and O–H groups in total. The molecule has 2 aromatic carbocycles. The van der Waals surface area contributed by atoms with Gasteiger partial charge in [0.2, 0.25) is 0 Å². The van der Waals surface area contributed by atoms with Gasteiger partial charge in [-0.25, -0.2) is 0 Å². The molecule has 0 fully saturated rings. The molecule has 2 aromatic rings. The quantitative estimate of drug-likeness (QED) is 0.293. The van der Waals surface area contributed by atoms with E-state index in [1.54, 1.807) is 6.92 Å². The molecule has 0 aliphatic carbocycles. The van der Waals surface area contributed by atoms with E-state index in [0.717, 1.165) is 31.2 Å². The van der Waals surface area contributed by atoms with Gasteiger partial charge in [0, 0.05) is 5.92 Å². The summed E-state index contributed by atoms with van der Waals surface area (Å²) < 4.78 is 6.30. The van der Waals surface area contributed by atoms with Crippen LogP contribution in [0.5, 0.6) is 0 Å². The van der Waals surface area contributed by atoms with Crippen molar-refractivity contribution in [1.29, 1.82) is 0 Å². The summed E-state index contributed by atoms with van der Waals surface area (Å²) in [6.45, 7) is 4.65. The standard InChI is InChI=1S/C27H38O2/c1-3-4-5-6-13-19-26(29-22-24-15-9-7-10-16-24)20-14-21-27(23(2)28)25-17-11-8-12-18-25/h7-12,15-18,26-27H,3-6,13-14,19-22H2,1-2H3. The maximum absolute atomic E-state index is 12.2. The van der Waals surface area contributed by atoms with E-state index >= 15 is 0 Å². The van der Waals surface area contributed by atoms with Gasteiger partial charge in [0.1, 0.15) is 5.78 Å². The first-order chi connectivity index (χ1) is 14.2. The first-order valence-electron chi connectivity index (χ1n) is 11.4. The maximum atomic E-state index is 12.2. The summed E-state index contributed by atoms with van der Waals surface area (Å²) in [4.78, 5) is 12.2. The van der Waals surface area contributed by atoms with Crippen LogP contribution in [0.25, 0.3) is 0 Å². The van der Waals surface area contributed by atoms with Gasteiger partial charge >= 0.3 is 0 Å². The van der Waals surface area contributed by atoms with Crippen LogP contribution >= 0.6 is 0 Å². The maximum Gasteiger partial charge on any atom is 0.137 e. The molecule has 2 unspecified atom stereocenters. The van der Waals surface area contributed by atoms with E-state index in [1.807, 2.05) is 24.3 Å². The lowest BCUT2D eigenvalue weighted by Gasteiger charge is -2.20. The zero-order valence-corrected chi connectivity index (χ0v) is 18.3.